The van der Waals surface area contributed by atoms with E-state index in [1.165, 1.54) is 12.8 Å². The van der Waals surface area contributed by atoms with Crippen molar-refractivity contribution in [3.05, 3.63) is 17.5 Å². The first-order chi connectivity index (χ1) is 9.20. The van der Waals surface area contributed by atoms with E-state index in [1.807, 2.05) is 6.07 Å². The zero-order valence-electron chi connectivity index (χ0n) is 12.6. The Morgan fingerprint density at radius 2 is 2.15 bits per heavy atom. The molecule has 0 aliphatic carbocycles. The molecule has 0 radical (unpaired) electrons. The highest BCUT2D eigenvalue weighted by atomic mass is 127. The van der Waals surface area contributed by atoms with Gasteiger partial charge in [-0.15, -0.1) is 24.0 Å². The zero-order chi connectivity index (χ0) is 13.7. The van der Waals surface area contributed by atoms with Crippen molar-refractivity contribution >= 4 is 29.9 Å². The van der Waals surface area contributed by atoms with Gasteiger partial charge >= 0.3 is 0 Å². The van der Waals surface area contributed by atoms with Crippen molar-refractivity contribution in [2.45, 2.75) is 46.1 Å². The average molecular weight is 392 g/mol. The van der Waals surface area contributed by atoms with Crippen LogP contribution < -0.4 is 5.32 Å². The summed E-state index contributed by atoms with van der Waals surface area (Å²) in [6, 6.07) is 2.00. The summed E-state index contributed by atoms with van der Waals surface area (Å²) in [5.74, 6) is 2.22. The Labute approximate surface area is 138 Å². The Bertz CT molecular complexity index is 425. The SMILES string of the molecule is CCNC(=NCc1cc(C(C)C)no1)N1CCCC1.I. The molecule has 0 amide bonds. The Morgan fingerprint density at radius 1 is 1.45 bits per heavy atom. The molecule has 1 aliphatic heterocycles. The Hall–Kier alpha value is -0.790. The Balaban J connectivity index is 0.00000200. The van der Waals surface area contributed by atoms with Gasteiger partial charge in [-0.3, -0.25) is 0 Å². The number of nitrogens with one attached hydrogen (secondary N) is 1. The highest BCUT2D eigenvalue weighted by Crippen LogP contribution is 2.15. The van der Waals surface area contributed by atoms with Crippen LogP contribution >= 0.6 is 24.0 Å². The fourth-order valence-corrected chi connectivity index (χ4v) is 2.18. The van der Waals surface area contributed by atoms with Gasteiger partial charge in [0.1, 0.15) is 6.54 Å². The van der Waals surface area contributed by atoms with E-state index in [0.717, 1.165) is 37.0 Å². The molecule has 1 fully saturated rings. The summed E-state index contributed by atoms with van der Waals surface area (Å²) in [6.07, 6.45) is 2.51. The minimum Gasteiger partial charge on any atom is -0.359 e. The topological polar surface area (TPSA) is 53.7 Å². The lowest BCUT2D eigenvalue weighted by atomic mass is 10.1. The van der Waals surface area contributed by atoms with Crippen molar-refractivity contribution in [2.24, 2.45) is 4.99 Å². The summed E-state index contributed by atoms with van der Waals surface area (Å²) in [4.78, 5) is 6.94. The van der Waals surface area contributed by atoms with Crippen LogP contribution in [0.1, 0.15) is 51.0 Å². The third-order valence-corrected chi connectivity index (χ3v) is 3.29. The van der Waals surface area contributed by atoms with Crippen LogP contribution in [-0.4, -0.2) is 35.7 Å². The van der Waals surface area contributed by atoms with Gasteiger partial charge in [-0.05, 0) is 25.7 Å². The molecule has 0 saturated carbocycles. The van der Waals surface area contributed by atoms with Crippen LogP contribution in [0.3, 0.4) is 0 Å². The fourth-order valence-electron chi connectivity index (χ4n) is 2.18. The number of hydrogen-bond donors (Lipinski definition) is 1. The van der Waals surface area contributed by atoms with Gasteiger partial charge in [0.05, 0.1) is 5.69 Å². The number of hydrogen-bond acceptors (Lipinski definition) is 3. The lowest BCUT2D eigenvalue weighted by Gasteiger charge is -2.20. The van der Waals surface area contributed by atoms with Crippen LogP contribution in [0.4, 0.5) is 0 Å². The Kier molecular flexibility index (Phi) is 7.32. The van der Waals surface area contributed by atoms with Crippen LogP contribution in [-0.2, 0) is 6.54 Å². The summed E-state index contributed by atoms with van der Waals surface area (Å²) in [5, 5.41) is 7.40. The second-order valence-corrected chi connectivity index (χ2v) is 5.24. The highest BCUT2D eigenvalue weighted by molar-refractivity contribution is 14.0. The summed E-state index contributed by atoms with van der Waals surface area (Å²) in [5.41, 5.74) is 0.997. The summed E-state index contributed by atoms with van der Waals surface area (Å²) in [6.45, 7) is 9.95. The molecule has 1 aliphatic rings. The molecule has 0 unspecified atom stereocenters. The van der Waals surface area contributed by atoms with E-state index in [9.17, 15) is 0 Å². The van der Waals surface area contributed by atoms with E-state index in [1.54, 1.807) is 0 Å². The van der Waals surface area contributed by atoms with Crippen molar-refractivity contribution in [3.8, 4) is 0 Å². The summed E-state index contributed by atoms with van der Waals surface area (Å²) in [7, 11) is 0. The lowest BCUT2D eigenvalue weighted by Crippen LogP contribution is -2.39. The van der Waals surface area contributed by atoms with Crippen molar-refractivity contribution in [3.63, 3.8) is 0 Å². The molecule has 114 valence electrons. The molecule has 0 bridgehead atoms. The Morgan fingerprint density at radius 3 is 2.70 bits per heavy atom. The van der Waals surface area contributed by atoms with E-state index >= 15 is 0 Å². The molecule has 0 spiro atoms. The number of aliphatic imine (C=N–C) groups is 1. The second kappa shape index (κ2) is 8.49. The predicted molar refractivity (Wildman–Crippen MR) is 91.6 cm³/mol. The molecule has 1 N–H and O–H groups in total. The molecule has 5 nitrogen and oxygen atoms in total. The predicted octanol–water partition coefficient (Wildman–Crippen LogP) is 2.98. The summed E-state index contributed by atoms with van der Waals surface area (Å²) >= 11 is 0. The number of guanidine groups is 1. The van der Waals surface area contributed by atoms with Crippen LogP contribution in [0, 0.1) is 0 Å². The van der Waals surface area contributed by atoms with E-state index in [2.05, 4.69) is 41.1 Å². The highest BCUT2D eigenvalue weighted by Gasteiger charge is 2.15. The molecule has 6 heteroatoms. The monoisotopic (exact) mass is 392 g/mol. The molecule has 20 heavy (non-hydrogen) atoms. The molecule has 2 rings (SSSR count). The zero-order valence-corrected chi connectivity index (χ0v) is 14.9. The van der Waals surface area contributed by atoms with Crippen LogP contribution in [0.5, 0.6) is 0 Å². The molecule has 0 aromatic carbocycles. The molecule has 1 saturated heterocycles. The van der Waals surface area contributed by atoms with Gasteiger partial charge in [-0.1, -0.05) is 19.0 Å². The molecule has 1 aromatic rings. The quantitative estimate of drug-likeness (QED) is 0.486. The smallest absolute Gasteiger partial charge is 0.194 e. The van der Waals surface area contributed by atoms with Gasteiger partial charge in [0.15, 0.2) is 11.7 Å². The number of rotatable bonds is 4. The summed E-state index contributed by atoms with van der Waals surface area (Å²) < 4.78 is 5.31. The van der Waals surface area contributed by atoms with Crippen LogP contribution in [0.25, 0.3) is 0 Å². The third-order valence-electron chi connectivity index (χ3n) is 3.29. The first-order valence-electron chi connectivity index (χ1n) is 7.19. The van der Waals surface area contributed by atoms with Crippen molar-refractivity contribution in [1.29, 1.82) is 0 Å². The standard InChI is InChI=1S/C14H24N4O.HI/c1-4-15-14(18-7-5-6-8-18)16-10-12-9-13(11(2)3)17-19-12;/h9,11H,4-8,10H2,1-3H3,(H,15,16);1H. The van der Waals surface area contributed by atoms with Gasteiger partial charge in [-0.25, -0.2) is 4.99 Å². The molecular weight excluding hydrogens is 367 g/mol. The third kappa shape index (κ3) is 4.64. The number of nitrogens with zero attached hydrogens (tertiary/aromatic N) is 3. The number of aromatic nitrogens is 1. The maximum atomic E-state index is 5.31. The van der Waals surface area contributed by atoms with E-state index < -0.39 is 0 Å². The van der Waals surface area contributed by atoms with Gasteiger partial charge in [0, 0.05) is 25.7 Å². The maximum Gasteiger partial charge on any atom is 0.194 e. The van der Waals surface area contributed by atoms with Gasteiger partial charge < -0.3 is 14.7 Å². The van der Waals surface area contributed by atoms with Crippen LogP contribution in [0.15, 0.2) is 15.6 Å². The minimum absolute atomic E-state index is 0. The van der Waals surface area contributed by atoms with Crippen molar-refractivity contribution in [2.75, 3.05) is 19.6 Å². The lowest BCUT2D eigenvalue weighted by molar-refractivity contribution is 0.375. The average Bonchev–Trinajstić information content (AvgIpc) is 3.05. The van der Waals surface area contributed by atoms with Gasteiger partial charge in [0.25, 0.3) is 0 Å². The normalized spacial score (nSPS) is 15.6. The second-order valence-electron chi connectivity index (χ2n) is 5.24. The minimum atomic E-state index is 0. The van der Waals surface area contributed by atoms with Crippen molar-refractivity contribution in [1.82, 2.24) is 15.4 Å². The first kappa shape index (κ1) is 17.3. The van der Waals surface area contributed by atoms with E-state index in [-0.39, 0.29) is 24.0 Å². The van der Waals surface area contributed by atoms with Gasteiger partial charge in [-0.2, -0.15) is 0 Å². The van der Waals surface area contributed by atoms with Gasteiger partial charge in [0.2, 0.25) is 0 Å². The number of halogens is 1. The molecule has 2 heterocycles. The molecule has 0 atom stereocenters. The fraction of sp³-hybridized carbons (Fsp3) is 0.714. The molecule has 1 aromatic heterocycles. The number of likely N-dealkylation sites (tertiary alicyclic amines) is 1. The largest absolute Gasteiger partial charge is 0.359 e. The van der Waals surface area contributed by atoms with E-state index in [4.69, 9.17) is 4.52 Å². The first-order valence-corrected chi connectivity index (χ1v) is 7.19. The van der Waals surface area contributed by atoms with Crippen LogP contribution in [0.2, 0.25) is 0 Å². The molecular formula is C14H25IN4O. The van der Waals surface area contributed by atoms with Crippen molar-refractivity contribution < 1.29 is 4.52 Å². The maximum absolute atomic E-state index is 5.31. The van der Waals surface area contributed by atoms with E-state index in [0.29, 0.717) is 12.5 Å².